The number of anilines is 2. The molecule has 3 N–H and O–H groups in total. The fraction of sp³-hybridized carbons (Fsp3) is 0.600. The lowest BCUT2D eigenvalue weighted by molar-refractivity contribution is -0.116. The first-order chi connectivity index (χ1) is 9.65. The van der Waals surface area contributed by atoms with Gasteiger partial charge < -0.3 is 16.0 Å². The molecule has 0 radical (unpaired) electrons. The van der Waals surface area contributed by atoms with Gasteiger partial charge in [-0.2, -0.15) is 0 Å². The third kappa shape index (κ3) is 6.52. The largest absolute Gasteiger partial charge is 0.384 e. The number of rotatable bonds is 9. The zero-order valence-electron chi connectivity index (χ0n) is 12.6. The smallest absolute Gasteiger partial charge is 0.224 e. The first-order valence-corrected chi connectivity index (χ1v) is 7.39. The molecule has 5 nitrogen and oxygen atoms in total. The van der Waals surface area contributed by atoms with Crippen molar-refractivity contribution in [3.8, 4) is 0 Å². The summed E-state index contributed by atoms with van der Waals surface area (Å²) in [5.41, 5.74) is 6.20. The number of amides is 1. The molecule has 1 amide bonds. The molecule has 0 saturated heterocycles. The van der Waals surface area contributed by atoms with Gasteiger partial charge in [0.25, 0.3) is 0 Å². The van der Waals surface area contributed by atoms with Crippen molar-refractivity contribution in [1.82, 2.24) is 9.88 Å². The van der Waals surface area contributed by atoms with Crippen molar-refractivity contribution in [1.29, 1.82) is 0 Å². The Labute approximate surface area is 121 Å². The van der Waals surface area contributed by atoms with E-state index < -0.39 is 0 Å². The molecular formula is C15H26N4O. The number of nitrogens with one attached hydrogen (secondary N) is 1. The minimum Gasteiger partial charge on any atom is -0.384 e. The highest BCUT2D eigenvalue weighted by Crippen LogP contribution is 2.08. The number of carbonyl (C=O) groups excluding carboxylic acids is 1. The Morgan fingerprint density at radius 1 is 1.25 bits per heavy atom. The molecule has 1 aromatic heterocycles. The fourth-order valence-electron chi connectivity index (χ4n) is 2.13. The molecule has 20 heavy (non-hydrogen) atoms. The van der Waals surface area contributed by atoms with Gasteiger partial charge in [0.2, 0.25) is 5.91 Å². The van der Waals surface area contributed by atoms with E-state index in [9.17, 15) is 4.79 Å². The number of hydrogen-bond acceptors (Lipinski definition) is 4. The number of nitrogen functional groups attached to an aromatic ring is 1. The normalized spacial score (nSPS) is 10.8. The summed E-state index contributed by atoms with van der Waals surface area (Å²) in [4.78, 5) is 18.2. The van der Waals surface area contributed by atoms with Crippen molar-refractivity contribution in [2.24, 2.45) is 0 Å². The number of aromatic nitrogens is 1. The maximum Gasteiger partial charge on any atom is 0.224 e. The molecule has 1 aromatic rings. The average molecular weight is 278 g/mol. The summed E-state index contributed by atoms with van der Waals surface area (Å²) >= 11 is 0. The van der Waals surface area contributed by atoms with E-state index in [4.69, 9.17) is 5.73 Å². The standard InChI is InChI=1S/C15H26N4O/c1-3-9-19(10-4-2)11-5-6-15(20)18-13-7-8-14(16)17-12-13/h7-8,12H,3-6,9-11H2,1-2H3,(H2,16,17)(H,18,20). The summed E-state index contributed by atoms with van der Waals surface area (Å²) in [5.74, 6) is 0.488. The maximum atomic E-state index is 11.8. The second kappa shape index (κ2) is 9.31. The van der Waals surface area contributed by atoms with Gasteiger partial charge in [-0.3, -0.25) is 4.79 Å². The van der Waals surface area contributed by atoms with Gasteiger partial charge in [-0.1, -0.05) is 13.8 Å². The number of nitrogens with zero attached hydrogens (tertiary/aromatic N) is 2. The van der Waals surface area contributed by atoms with Gasteiger partial charge in [0, 0.05) is 6.42 Å². The molecule has 0 spiro atoms. The van der Waals surface area contributed by atoms with Crippen LogP contribution < -0.4 is 11.1 Å². The SMILES string of the molecule is CCCN(CCC)CCCC(=O)Nc1ccc(N)nc1. The molecule has 0 unspecified atom stereocenters. The molecule has 0 aliphatic rings. The molecule has 0 atom stereocenters. The van der Waals surface area contributed by atoms with Crippen LogP contribution in [0.25, 0.3) is 0 Å². The molecule has 0 bridgehead atoms. The summed E-state index contributed by atoms with van der Waals surface area (Å²) < 4.78 is 0. The Morgan fingerprint density at radius 2 is 1.95 bits per heavy atom. The minimum absolute atomic E-state index is 0.0320. The summed E-state index contributed by atoms with van der Waals surface area (Å²) in [6.45, 7) is 7.57. The van der Waals surface area contributed by atoms with Crippen molar-refractivity contribution in [2.45, 2.75) is 39.5 Å². The van der Waals surface area contributed by atoms with Crippen LogP contribution in [0.1, 0.15) is 39.5 Å². The fourth-order valence-corrected chi connectivity index (χ4v) is 2.13. The second-order valence-corrected chi connectivity index (χ2v) is 4.97. The summed E-state index contributed by atoms with van der Waals surface area (Å²) in [7, 11) is 0. The number of hydrogen-bond donors (Lipinski definition) is 2. The highest BCUT2D eigenvalue weighted by Gasteiger charge is 2.06. The zero-order valence-corrected chi connectivity index (χ0v) is 12.6. The third-order valence-electron chi connectivity index (χ3n) is 3.03. The van der Waals surface area contributed by atoms with Gasteiger partial charge in [0.1, 0.15) is 5.82 Å². The first-order valence-electron chi connectivity index (χ1n) is 7.39. The maximum absolute atomic E-state index is 11.8. The topological polar surface area (TPSA) is 71.2 Å². The lowest BCUT2D eigenvalue weighted by atomic mass is 10.2. The molecule has 112 valence electrons. The van der Waals surface area contributed by atoms with Gasteiger partial charge in [-0.05, 0) is 51.0 Å². The van der Waals surface area contributed by atoms with Crippen LogP contribution in [0.4, 0.5) is 11.5 Å². The van der Waals surface area contributed by atoms with E-state index in [0.29, 0.717) is 17.9 Å². The van der Waals surface area contributed by atoms with Gasteiger partial charge >= 0.3 is 0 Å². The Kier molecular flexibility index (Phi) is 7.65. The quantitative estimate of drug-likeness (QED) is 0.728. The van der Waals surface area contributed by atoms with E-state index in [1.54, 1.807) is 18.3 Å². The Bertz CT molecular complexity index is 385. The molecule has 0 aliphatic heterocycles. The van der Waals surface area contributed by atoms with Crippen LogP contribution in [0.15, 0.2) is 18.3 Å². The van der Waals surface area contributed by atoms with Crippen molar-refractivity contribution < 1.29 is 4.79 Å². The van der Waals surface area contributed by atoms with Crippen molar-refractivity contribution >= 4 is 17.4 Å². The monoisotopic (exact) mass is 278 g/mol. The van der Waals surface area contributed by atoms with Crippen molar-refractivity contribution in [2.75, 3.05) is 30.7 Å². The predicted octanol–water partition coefficient (Wildman–Crippen LogP) is 2.50. The lowest BCUT2D eigenvalue weighted by Crippen LogP contribution is -2.27. The van der Waals surface area contributed by atoms with Gasteiger partial charge in [-0.25, -0.2) is 4.98 Å². The Morgan fingerprint density at radius 3 is 2.50 bits per heavy atom. The van der Waals surface area contributed by atoms with Crippen LogP contribution in [-0.4, -0.2) is 35.4 Å². The third-order valence-corrected chi connectivity index (χ3v) is 3.03. The molecule has 0 aliphatic carbocycles. The van der Waals surface area contributed by atoms with Gasteiger partial charge in [0.05, 0.1) is 11.9 Å². The minimum atomic E-state index is 0.0320. The van der Waals surface area contributed by atoms with Crippen LogP contribution >= 0.6 is 0 Å². The van der Waals surface area contributed by atoms with E-state index in [0.717, 1.165) is 38.9 Å². The van der Waals surface area contributed by atoms with Crippen LogP contribution in [0.2, 0.25) is 0 Å². The van der Waals surface area contributed by atoms with E-state index in [2.05, 4.69) is 29.0 Å². The zero-order chi connectivity index (χ0) is 14.8. The molecular weight excluding hydrogens is 252 g/mol. The molecule has 0 fully saturated rings. The molecule has 0 saturated carbocycles. The molecule has 1 rings (SSSR count). The van der Waals surface area contributed by atoms with Crippen molar-refractivity contribution in [3.05, 3.63) is 18.3 Å². The summed E-state index contributed by atoms with van der Waals surface area (Å²) in [6, 6.07) is 3.44. The molecule has 0 aromatic carbocycles. The summed E-state index contributed by atoms with van der Waals surface area (Å²) in [6.07, 6.45) is 5.31. The van der Waals surface area contributed by atoms with Gasteiger partial charge in [-0.15, -0.1) is 0 Å². The number of nitrogens with two attached hydrogens (primary N) is 1. The van der Waals surface area contributed by atoms with Crippen LogP contribution in [0, 0.1) is 0 Å². The van der Waals surface area contributed by atoms with E-state index in [-0.39, 0.29) is 5.91 Å². The van der Waals surface area contributed by atoms with Crippen LogP contribution in [-0.2, 0) is 4.79 Å². The van der Waals surface area contributed by atoms with Crippen molar-refractivity contribution in [3.63, 3.8) is 0 Å². The first kappa shape index (κ1) is 16.4. The van der Waals surface area contributed by atoms with E-state index in [1.165, 1.54) is 0 Å². The predicted molar refractivity (Wildman–Crippen MR) is 83.5 cm³/mol. The second-order valence-electron chi connectivity index (χ2n) is 4.97. The highest BCUT2D eigenvalue weighted by atomic mass is 16.1. The van der Waals surface area contributed by atoms with E-state index in [1.807, 2.05) is 0 Å². The number of carbonyl (C=O) groups is 1. The number of pyridine rings is 1. The van der Waals surface area contributed by atoms with Gasteiger partial charge in [0.15, 0.2) is 0 Å². The Hall–Kier alpha value is -1.62. The highest BCUT2D eigenvalue weighted by molar-refractivity contribution is 5.90. The summed E-state index contributed by atoms with van der Waals surface area (Å²) in [5, 5.41) is 2.83. The van der Waals surface area contributed by atoms with Crippen LogP contribution in [0.3, 0.4) is 0 Å². The van der Waals surface area contributed by atoms with Crippen LogP contribution in [0.5, 0.6) is 0 Å². The molecule has 1 heterocycles. The lowest BCUT2D eigenvalue weighted by Gasteiger charge is -2.20. The van der Waals surface area contributed by atoms with E-state index >= 15 is 0 Å². The Balaban J connectivity index is 2.26. The average Bonchev–Trinajstić information content (AvgIpc) is 2.42. The molecule has 5 heteroatoms.